The number of hydrogen-bond acceptors (Lipinski definition) is 3. The molecule has 1 aromatic carbocycles. The molecular formula is C16H25N3O. The van der Waals surface area contributed by atoms with E-state index < -0.39 is 0 Å². The van der Waals surface area contributed by atoms with Crippen LogP contribution >= 0.6 is 0 Å². The molecule has 0 saturated heterocycles. The summed E-state index contributed by atoms with van der Waals surface area (Å²) in [6.45, 7) is 1.60. The zero-order valence-corrected chi connectivity index (χ0v) is 12.2. The number of rotatable bonds is 5. The van der Waals surface area contributed by atoms with E-state index in [9.17, 15) is 4.79 Å². The SMILES string of the molecule is CN(Cc1cccc(C(N)=O)c1)C1CCCCC1CN. The Hall–Kier alpha value is -1.39. The van der Waals surface area contributed by atoms with Gasteiger partial charge in [-0.3, -0.25) is 9.69 Å². The smallest absolute Gasteiger partial charge is 0.248 e. The number of nitrogens with two attached hydrogens (primary N) is 2. The molecule has 0 bridgehead atoms. The maximum absolute atomic E-state index is 11.2. The van der Waals surface area contributed by atoms with Crippen molar-refractivity contribution >= 4 is 5.91 Å². The lowest BCUT2D eigenvalue weighted by Gasteiger charge is -2.37. The van der Waals surface area contributed by atoms with Gasteiger partial charge in [-0.05, 0) is 50.0 Å². The highest BCUT2D eigenvalue weighted by Crippen LogP contribution is 2.28. The fourth-order valence-electron chi connectivity index (χ4n) is 3.27. The summed E-state index contributed by atoms with van der Waals surface area (Å²) in [5, 5.41) is 0. The van der Waals surface area contributed by atoms with Crippen LogP contribution < -0.4 is 11.5 Å². The first-order chi connectivity index (χ1) is 9.61. The quantitative estimate of drug-likeness (QED) is 0.859. The van der Waals surface area contributed by atoms with Crippen molar-refractivity contribution in [3.63, 3.8) is 0 Å². The third-order valence-electron chi connectivity index (χ3n) is 4.38. The van der Waals surface area contributed by atoms with Crippen LogP contribution in [0.5, 0.6) is 0 Å². The standard InChI is InChI=1S/C16H25N3O/c1-19(15-8-3-2-6-14(15)10-17)11-12-5-4-7-13(9-12)16(18)20/h4-5,7,9,14-15H,2-3,6,8,10-11,17H2,1H3,(H2,18,20). The number of amides is 1. The summed E-state index contributed by atoms with van der Waals surface area (Å²) in [6.07, 6.45) is 5.02. The first kappa shape index (κ1) is 15.0. The van der Waals surface area contributed by atoms with Crippen molar-refractivity contribution in [1.29, 1.82) is 0 Å². The highest BCUT2D eigenvalue weighted by atomic mass is 16.1. The van der Waals surface area contributed by atoms with Crippen LogP contribution in [0.3, 0.4) is 0 Å². The van der Waals surface area contributed by atoms with E-state index in [1.54, 1.807) is 6.07 Å². The average Bonchev–Trinajstić information content (AvgIpc) is 2.47. The van der Waals surface area contributed by atoms with Gasteiger partial charge in [-0.15, -0.1) is 0 Å². The Bertz CT molecular complexity index is 461. The normalized spacial score (nSPS) is 22.9. The lowest BCUT2D eigenvalue weighted by molar-refractivity contribution is 0.0999. The minimum atomic E-state index is -0.369. The van der Waals surface area contributed by atoms with Crippen molar-refractivity contribution in [1.82, 2.24) is 4.90 Å². The molecule has 2 atom stereocenters. The number of nitrogens with zero attached hydrogens (tertiary/aromatic N) is 1. The van der Waals surface area contributed by atoms with Crippen LogP contribution in [0.2, 0.25) is 0 Å². The third kappa shape index (κ3) is 3.58. The fraction of sp³-hybridized carbons (Fsp3) is 0.562. The molecule has 110 valence electrons. The van der Waals surface area contributed by atoms with E-state index in [-0.39, 0.29) is 5.91 Å². The second kappa shape index (κ2) is 6.86. The highest BCUT2D eigenvalue weighted by Gasteiger charge is 2.27. The van der Waals surface area contributed by atoms with Gasteiger partial charge >= 0.3 is 0 Å². The number of hydrogen-bond donors (Lipinski definition) is 2. The van der Waals surface area contributed by atoms with E-state index in [1.807, 2.05) is 18.2 Å². The van der Waals surface area contributed by atoms with Gasteiger partial charge in [0.1, 0.15) is 0 Å². The van der Waals surface area contributed by atoms with Gasteiger partial charge in [0, 0.05) is 18.2 Å². The van der Waals surface area contributed by atoms with Crippen molar-refractivity contribution in [3.05, 3.63) is 35.4 Å². The molecule has 0 aromatic heterocycles. The predicted octanol–water partition coefficient (Wildman–Crippen LogP) is 1.73. The highest BCUT2D eigenvalue weighted by molar-refractivity contribution is 5.92. The molecule has 1 aliphatic rings. The second-order valence-electron chi connectivity index (χ2n) is 5.83. The largest absolute Gasteiger partial charge is 0.366 e. The van der Waals surface area contributed by atoms with Crippen LogP contribution in [0.4, 0.5) is 0 Å². The van der Waals surface area contributed by atoms with Crippen LogP contribution in [0, 0.1) is 5.92 Å². The Balaban J connectivity index is 2.04. The molecule has 0 heterocycles. The van der Waals surface area contributed by atoms with E-state index in [4.69, 9.17) is 11.5 Å². The molecule has 4 N–H and O–H groups in total. The van der Waals surface area contributed by atoms with Gasteiger partial charge in [-0.2, -0.15) is 0 Å². The third-order valence-corrected chi connectivity index (χ3v) is 4.38. The van der Waals surface area contributed by atoms with Crippen LogP contribution in [0.25, 0.3) is 0 Å². The first-order valence-electron chi connectivity index (χ1n) is 7.41. The molecule has 4 nitrogen and oxygen atoms in total. The van der Waals surface area contributed by atoms with Crippen LogP contribution in [-0.2, 0) is 6.54 Å². The van der Waals surface area contributed by atoms with Gasteiger partial charge in [-0.25, -0.2) is 0 Å². The van der Waals surface area contributed by atoms with E-state index >= 15 is 0 Å². The van der Waals surface area contributed by atoms with E-state index in [0.717, 1.165) is 18.7 Å². The molecule has 0 spiro atoms. The summed E-state index contributed by atoms with van der Waals surface area (Å²) in [5.74, 6) is 0.222. The van der Waals surface area contributed by atoms with Crippen molar-refractivity contribution in [3.8, 4) is 0 Å². The molecule has 2 unspecified atom stereocenters. The molecule has 1 fully saturated rings. The van der Waals surface area contributed by atoms with Gasteiger partial charge in [-0.1, -0.05) is 25.0 Å². The van der Waals surface area contributed by atoms with Crippen LogP contribution in [-0.4, -0.2) is 30.4 Å². The summed E-state index contributed by atoms with van der Waals surface area (Å²) in [7, 11) is 2.15. The summed E-state index contributed by atoms with van der Waals surface area (Å²) in [5.41, 5.74) is 12.9. The topological polar surface area (TPSA) is 72.3 Å². The molecule has 1 saturated carbocycles. The Morgan fingerprint density at radius 2 is 2.10 bits per heavy atom. The molecule has 1 aromatic rings. The minimum absolute atomic E-state index is 0.369. The number of carbonyl (C=O) groups is 1. The molecule has 4 heteroatoms. The molecule has 0 aliphatic heterocycles. The average molecular weight is 275 g/mol. The van der Waals surface area contributed by atoms with E-state index in [2.05, 4.69) is 11.9 Å². The Morgan fingerprint density at radius 1 is 1.35 bits per heavy atom. The number of carbonyl (C=O) groups excluding carboxylic acids is 1. The van der Waals surface area contributed by atoms with Crippen LogP contribution in [0.1, 0.15) is 41.6 Å². The number of benzene rings is 1. The van der Waals surface area contributed by atoms with Crippen molar-refractivity contribution in [2.75, 3.05) is 13.6 Å². The molecular weight excluding hydrogens is 250 g/mol. The molecule has 1 aliphatic carbocycles. The van der Waals surface area contributed by atoms with Gasteiger partial charge in [0.15, 0.2) is 0 Å². The molecule has 20 heavy (non-hydrogen) atoms. The molecule has 1 amide bonds. The van der Waals surface area contributed by atoms with Crippen molar-refractivity contribution in [2.24, 2.45) is 17.4 Å². The Labute approximate surface area is 121 Å². The van der Waals surface area contributed by atoms with Gasteiger partial charge in [0.25, 0.3) is 0 Å². The zero-order valence-electron chi connectivity index (χ0n) is 12.2. The maximum atomic E-state index is 11.2. The zero-order chi connectivity index (χ0) is 14.5. The summed E-state index contributed by atoms with van der Waals surface area (Å²) >= 11 is 0. The second-order valence-corrected chi connectivity index (χ2v) is 5.83. The number of primary amides is 1. The Kier molecular flexibility index (Phi) is 5.15. The van der Waals surface area contributed by atoms with E-state index in [1.165, 1.54) is 25.7 Å². The van der Waals surface area contributed by atoms with Gasteiger partial charge in [0.2, 0.25) is 5.91 Å². The molecule has 0 radical (unpaired) electrons. The van der Waals surface area contributed by atoms with Crippen molar-refractivity contribution in [2.45, 2.75) is 38.3 Å². The maximum Gasteiger partial charge on any atom is 0.248 e. The minimum Gasteiger partial charge on any atom is -0.366 e. The lowest BCUT2D eigenvalue weighted by atomic mass is 9.83. The van der Waals surface area contributed by atoms with Crippen LogP contribution in [0.15, 0.2) is 24.3 Å². The molecule has 2 rings (SSSR count). The monoisotopic (exact) mass is 275 g/mol. The fourth-order valence-corrected chi connectivity index (χ4v) is 3.27. The lowest BCUT2D eigenvalue weighted by Crippen LogP contribution is -2.42. The van der Waals surface area contributed by atoms with Gasteiger partial charge < -0.3 is 11.5 Å². The predicted molar refractivity (Wildman–Crippen MR) is 81.2 cm³/mol. The first-order valence-corrected chi connectivity index (χ1v) is 7.41. The van der Waals surface area contributed by atoms with Crippen molar-refractivity contribution < 1.29 is 4.79 Å². The Morgan fingerprint density at radius 3 is 2.80 bits per heavy atom. The summed E-state index contributed by atoms with van der Waals surface area (Å²) in [4.78, 5) is 13.6. The summed E-state index contributed by atoms with van der Waals surface area (Å²) in [6, 6.07) is 8.13. The summed E-state index contributed by atoms with van der Waals surface area (Å²) < 4.78 is 0. The van der Waals surface area contributed by atoms with E-state index in [0.29, 0.717) is 17.5 Å². The van der Waals surface area contributed by atoms with Gasteiger partial charge in [0.05, 0.1) is 0 Å².